The number of carbonyl (C=O) groups is 1. The van der Waals surface area contributed by atoms with Gasteiger partial charge in [-0.05, 0) is 43.9 Å². The van der Waals surface area contributed by atoms with Crippen molar-refractivity contribution < 1.29 is 9.53 Å². The Balaban J connectivity index is 1.76. The van der Waals surface area contributed by atoms with Crippen molar-refractivity contribution in [2.75, 3.05) is 32.1 Å². The van der Waals surface area contributed by atoms with Crippen LogP contribution in [0.2, 0.25) is 0 Å². The van der Waals surface area contributed by atoms with E-state index in [4.69, 9.17) is 4.74 Å². The molecule has 1 unspecified atom stereocenters. The van der Waals surface area contributed by atoms with Crippen molar-refractivity contribution in [2.24, 2.45) is 4.99 Å². The van der Waals surface area contributed by atoms with E-state index >= 15 is 0 Å². The Morgan fingerprint density at radius 2 is 2.21 bits per heavy atom. The highest BCUT2D eigenvalue weighted by molar-refractivity contribution is 5.95. The Labute approximate surface area is 144 Å². The maximum absolute atomic E-state index is 12.1. The highest BCUT2D eigenvalue weighted by Gasteiger charge is 2.29. The van der Waals surface area contributed by atoms with Gasteiger partial charge in [0, 0.05) is 25.9 Å². The Hall–Kier alpha value is -2.08. The zero-order valence-electron chi connectivity index (χ0n) is 14.8. The summed E-state index contributed by atoms with van der Waals surface area (Å²) in [6.45, 7) is 5.82. The largest absolute Gasteiger partial charge is 0.373 e. The van der Waals surface area contributed by atoms with E-state index < -0.39 is 0 Å². The molecule has 0 spiro atoms. The standard InChI is InChI=1S/C18H28N4O2/c1-4-14-7-5-8-15(11-14)22-16(23)12-20-17(19-3)21-13-18(2)9-6-10-24-18/h5,7-8,11H,4,6,9-10,12-13H2,1-3H3,(H,22,23)(H2,19,20,21). The lowest BCUT2D eigenvalue weighted by Crippen LogP contribution is -2.47. The lowest BCUT2D eigenvalue weighted by Gasteiger charge is -2.24. The number of rotatable bonds is 6. The number of hydrogen-bond acceptors (Lipinski definition) is 3. The van der Waals surface area contributed by atoms with Gasteiger partial charge in [-0.25, -0.2) is 0 Å². The van der Waals surface area contributed by atoms with E-state index in [2.05, 4.69) is 34.8 Å². The first-order valence-corrected chi connectivity index (χ1v) is 8.52. The molecule has 132 valence electrons. The molecule has 1 atom stereocenters. The smallest absolute Gasteiger partial charge is 0.243 e. The van der Waals surface area contributed by atoms with Crippen molar-refractivity contribution in [3.8, 4) is 0 Å². The molecule has 3 N–H and O–H groups in total. The number of guanidine groups is 1. The Morgan fingerprint density at radius 3 is 2.88 bits per heavy atom. The zero-order valence-corrected chi connectivity index (χ0v) is 14.8. The van der Waals surface area contributed by atoms with Crippen LogP contribution in [-0.2, 0) is 16.0 Å². The number of benzene rings is 1. The van der Waals surface area contributed by atoms with Gasteiger partial charge in [-0.2, -0.15) is 0 Å². The summed E-state index contributed by atoms with van der Waals surface area (Å²) in [5, 5.41) is 9.15. The van der Waals surface area contributed by atoms with Gasteiger partial charge in [-0.3, -0.25) is 9.79 Å². The summed E-state index contributed by atoms with van der Waals surface area (Å²) in [5.41, 5.74) is 1.86. The second-order valence-corrected chi connectivity index (χ2v) is 6.28. The topological polar surface area (TPSA) is 74.8 Å². The van der Waals surface area contributed by atoms with Crippen LogP contribution in [0.25, 0.3) is 0 Å². The van der Waals surface area contributed by atoms with Crippen LogP contribution in [0.3, 0.4) is 0 Å². The molecule has 1 aromatic carbocycles. The first-order valence-electron chi connectivity index (χ1n) is 8.52. The van der Waals surface area contributed by atoms with Crippen LogP contribution in [0, 0.1) is 0 Å². The molecule has 1 amide bonds. The van der Waals surface area contributed by atoms with Gasteiger partial charge in [0.1, 0.15) is 0 Å². The van der Waals surface area contributed by atoms with Crippen molar-refractivity contribution >= 4 is 17.6 Å². The molecule has 0 aromatic heterocycles. The van der Waals surface area contributed by atoms with Crippen LogP contribution in [0.4, 0.5) is 5.69 Å². The second-order valence-electron chi connectivity index (χ2n) is 6.28. The Bertz CT molecular complexity index is 580. The third-order valence-electron chi connectivity index (χ3n) is 4.19. The average molecular weight is 332 g/mol. The molecule has 1 heterocycles. The van der Waals surface area contributed by atoms with E-state index in [1.807, 2.05) is 24.3 Å². The molecule has 6 nitrogen and oxygen atoms in total. The number of amides is 1. The van der Waals surface area contributed by atoms with E-state index in [0.717, 1.165) is 31.6 Å². The highest BCUT2D eigenvalue weighted by Crippen LogP contribution is 2.23. The summed E-state index contributed by atoms with van der Waals surface area (Å²) < 4.78 is 5.74. The van der Waals surface area contributed by atoms with Gasteiger partial charge in [-0.1, -0.05) is 19.1 Å². The number of hydrogen-bond donors (Lipinski definition) is 3. The van der Waals surface area contributed by atoms with Crippen molar-refractivity contribution in [1.82, 2.24) is 10.6 Å². The van der Waals surface area contributed by atoms with E-state index in [9.17, 15) is 4.79 Å². The summed E-state index contributed by atoms with van der Waals surface area (Å²) in [4.78, 5) is 16.2. The lowest BCUT2D eigenvalue weighted by molar-refractivity contribution is -0.115. The van der Waals surface area contributed by atoms with Crippen LogP contribution in [0.5, 0.6) is 0 Å². The minimum atomic E-state index is -0.152. The predicted octanol–water partition coefficient (Wildman–Crippen LogP) is 1.92. The second kappa shape index (κ2) is 8.68. The minimum absolute atomic E-state index is 0.102. The number of aliphatic imine (C=N–C) groups is 1. The lowest BCUT2D eigenvalue weighted by atomic mass is 10.0. The third kappa shape index (κ3) is 5.53. The average Bonchev–Trinajstić information content (AvgIpc) is 3.02. The van der Waals surface area contributed by atoms with Gasteiger partial charge < -0.3 is 20.7 Å². The van der Waals surface area contributed by atoms with Gasteiger partial charge in [0.2, 0.25) is 5.91 Å². The molecular formula is C18H28N4O2. The molecule has 1 fully saturated rings. The first kappa shape index (κ1) is 18.3. The fourth-order valence-corrected chi connectivity index (χ4v) is 2.71. The van der Waals surface area contributed by atoms with E-state index in [0.29, 0.717) is 12.5 Å². The summed E-state index contributed by atoms with van der Waals surface area (Å²) in [7, 11) is 1.69. The molecule has 1 aromatic rings. The fraction of sp³-hybridized carbons (Fsp3) is 0.556. The molecule has 0 saturated carbocycles. The predicted molar refractivity (Wildman–Crippen MR) is 97.4 cm³/mol. The maximum atomic E-state index is 12.1. The molecule has 0 bridgehead atoms. The molecule has 0 aliphatic carbocycles. The molecular weight excluding hydrogens is 304 g/mol. The molecule has 1 aliphatic rings. The highest BCUT2D eigenvalue weighted by atomic mass is 16.5. The molecule has 1 aliphatic heterocycles. The molecule has 6 heteroatoms. The van der Waals surface area contributed by atoms with Gasteiger partial charge in [0.25, 0.3) is 0 Å². The number of anilines is 1. The Kier molecular flexibility index (Phi) is 6.61. The SMILES string of the molecule is CCc1cccc(NC(=O)CNC(=NC)NCC2(C)CCCO2)c1. The van der Waals surface area contributed by atoms with E-state index in [1.54, 1.807) is 7.05 Å². The quantitative estimate of drug-likeness (QED) is 0.550. The van der Waals surface area contributed by atoms with Crippen LogP contribution < -0.4 is 16.0 Å². The summed E-state index contributed by atoms with van der Waals surface area (Å²) in [6.07, 6.45) is 3.06. The van der Waals surface area contributed by atoms with Crippen LogP contribution in [0.1, 0.15) is 32.3 Å². The molecule has 2 rings (SSSR count). The van der Waals surface area contributed by atoms with Gasteiger partial charge in [0.05, 0.1) is 12.1 Å². The molecule has 1 saturated heterocycles. The monoisotopic (exact) mass is 332 g/mol. The van der Waals surface area contributed by atoms with Gasteiger partial charge in [0.15, 0.2) is 5.96 Å². The van der Waals surface area contributed by atoms with Gasteiger partial charge >= 0.3 is 0 Å². The van der Waals surface area contributed by atoms with Crippen LogP contribution >= 0.6 is 0 Å². The van der Waals surface area contributed by atoms with Crippen molar-refractivity contribution in [2.45, 2.75) is 38.7 Å². The molecule has 24 heavy (non-hydrogen) atoms. The maximum Gasteiger partial charge on any atom is 0.243 e. The summed E-state index contributed by atoms with van der Waals surface area (Å²) >= 11 is 0. The van der Waals surface area contributed by atoms with E-state index in [1.165, 1.54) is 5.56 Å². The first-order chi connectivity index (χ1) is 11.5. The van der Waals surface area contributed by atoms with Crippen molar-refractivity contribution in [3.05, 3.63) is 29.8 Å². The third-order valence-corrected chi connectivity index (χ3v) is 4.19. The number of aryl methyl sites for hydroxylation is 1. The molecule has 0 radical (unpaired) electrons. The van der Waals surface area contributed by atoms with Crippen molar-refractivity contribution in [1.29, 1.82) is 0 Å². The van der Waals surface area contributed by atoms with Crippen LogP contribution in [0.15, 0.2) is 29.3 Å². The normalized spacial score (nSPS) is 20.7. The minimum Gasteiger partial charge on any atom is -0.373 e. The number of nitrogens with zero attached hydrogens (tertiary/aromatic N) is 1. The van der Waals surface area contributed by atoms with Gasteiger partial charge in [-0.15, -0.1) is 0 Å². The van der Waals surface area contributed by atoms with Crippen molar-refractivity contribution in [3.63, 3.8) is 0 Å². The fourth-order valence-electron chi connectivity index (χ4n) is 2.71. The van der Waals surface area contributed by atoms with E-state index in [-0.39, 0.29) is 18.1 Å². The van der Waals surface area contributed by atoms with Crippen LogP contribution in [-0.4, -0.2) is 44.2 Å². The Morgan fingerprint density at radius 1 is 1.38 bits per heavy atom. The zero-order chi connectivity index (χ0) is 17.4. The number of nitrogens with one attached hydrogen (secondary N) is 3. The summed E-state index contributed by atoms with van der Waals surface area (Å²) in [5.74, 6) is 0.499. The number of carbonyl (C=O) groups excluding carboxylic acids is 1. The number of ether oxygens (including phenoxy) is 1. The summed E-state index contributed by atoms with van der Waals surface area (Å²) in [6, 6.07) is 7.88.